The Morgan fingerprint density at radius 1 is 1.30 bits per heavy atom. The summed E-state index contributed by atoms with van der Waals surface area (Å²) in [5.41, 5.74) is 1.06. The first-order valence-electron chi connectivity index (χ1n) is 9.24. The van der Waals surface area contributed by atoms with E-state index in [0.717, 1.165) is 44.5 Å². The summed E-state index contributed by atoms with van der Waals surface area (Å²) >= 11 is 0. The molecule has 0 amide bonds. The van der Waals surface area contributed by atoms with Gasteiger partial charge in [-0.1, -0.05) is 12.0 Å². The van der Waals surface area contributed by atoms with Gasteiger partial charge in [-0.05, 0) is 74.3 Å². The molecule has 4 aliphatic carbocycles. The predicted molar refractivity (Wildman–Crippen MR) is 90.3 cm³/mol. The maximum Gasteiger partial charge on any atom is 0.151 e. The van der Waals surface area contributed by atoms with Crippen molar-refractivity contribution in [1.82, 2.24) is 0 Å². The quantitative estimate of drug-likeness (QED) is 0.712. The van der Waals surface area contributed by atoms with Gasteiger partial charge < -0.3 is 4.74 Å². The molecule has 2 saturated carbocycles. The van der Waals surface area contributed by atoms with E-state index < -0.39 is 5.41 Å². The zero-order chi connectivity index (χ0) is 16.0. The molecular formula is C21H26O2. The van der Waals surface area contributed by atoms with E-state index in [0.29, 0.717) is 35.9 Å². The average molecular weight is 310 g/mol. The van der Waals surface area contributed by atoms with Crippen LogP contribution in [0.3, 0.4) is 0 Å². The fraction of sp³-hybridized carbons (Fsp3) is 0.667. The zero-order valence-electron chi connectivity index (χ0n) is 14.0. The third-order valence-electron chi connectivity index (χ3n) is 6.94. The summed E-state index contributed by atoms with van der Waals surface area (Å²) in [6.07, 6.45) is 17.7. The standard InChI is InChI=1S/C21H26O2/c1-3-21-12-11-17-16-8-6-15(23-4-2)13-14(16)5-7-18(17)19(21)9-10-20(21)22/h1,5,13,16-19H,4,6-12H2,2H3/t16-,17+,18+,19-,21-/m0/s1. The lowest BCUT2D eigenvalue weighted by molar-refractivity contribution is -0.127. The van der Waals surface area contributed by atoms with Crippen LogP contribution in [0, 0.1) is 41.4 Å². The summed E-state index contributed by atoms with van der Waals surface area (Å²) < 4.78 is 5.73. The van der Waals surface area contributed by atoms with E-state index in [9.17, 15) is 4.79 Å². The van der Waals surface area contributed by atoms with Crippen molar-refractivity contribution in [3.8, 4) is 12.3 Å². The van der Waals surface area contributed by atoms with Crippen LogP contribution in [0.5, 0.6) is 0 Å². The molecule has 0 aromatic heterocycles. The molecule has 0 aromatic rings. The number of hydrogen-bond acceptors (Lipinski definition) is 2. The third kappa shape index (κ3) is 2.12. The van der Waals surface area contributed by atoms with Gasteiger partial charge in [0.1, 0.15) is 0 Å². The lowest BCUT2D eigenvalue weighted by Gasteiger charge is -2.50. The van der Waals surface area contributed by atoms with Crippen LogP contribution in [0.2, 0.25) is 0 Å². The minimum Gasteiger partial charge on any atom is -0.498 e. The topological polar surface area (TPSA) is 26.3 Å². The fourth-order valence-corrected chi connectivity index (χ4v) is 5.94. The van der Waals surface area contributed by atoms with Gasteiger partial charge in [0.2, 0.25) is 0 Å². The van der Waals surface area contributed by atoms with Crippen LogP contribution in [0.25, 0.3) is 0 Å². The van der Waals surface area contributed by atoms with Gasteiger partial charge in [-0.15, -0.1) is 6.42 Å². The molecule has 0 unspecified atom stereocenters. The summed E-state index contributed by atoms with van der Waals surface area (Å²) in [4.78, 5) is 12.4. The molecular weight excluding hydrogens is 284 g/mol. The number of ether oxygens (including phenoxy) is 1. The number of carbonyl (C=O) groups is 1. The van der Waals surface area contributed by atoms with Crippen LogP contribution >= 0.6 is 0 Å². The summed E-state index contributed by atoms with van der Waals surface area (Å²) in [6.45, 7) is 2.81. The molecule has 0 aliphatic heterocycles. The third-order valence-corrected chi connectivity index (χ3v) is 6.94. The Hall–Kier alpha value is -1.49. The number of fused-ring (bicyclic) bond motifs is 5. The minimum atomic E-state index is -0.423. The number of rotatable bonds is 2. The summed E-state index contributed by atoms with van der Waals surface area (Å²) in [6, 6.07) is 0. The largest absolute Gasteiger partial charge is 0.498 e. The number of Topliss-reactive ketones (excluding diaryl/α,β-unsaturated/α-hetero) is 1. The van der Waals surface area contributed by atoms with Crippen molar-refractivity contribution in [3.63, 3.8) is 0 Å². The smallest absolute Gasteiger partial charge is 0.151 e. The van der Waals surface area contributed by atoms with Crippen LogP contribution in [0.4, 0.5) is 0 Å². The minimum absolute atomic E-state index is 0.348. The summed E-state index contributed by atoms with van der Waals surface area (Å²) in [7, 11) is 0. The molecule has 4 rings (SSSR count). The van der Waals surface area contributed by atoms with E-state index in [1.807, 2.05) is 0 Å². The van der Waals surface area contributed by atoms with Crippen molar-refractivity contribution in [2.75, 3.05) is 6.61 Å². The lowest BCUT2D eigenvalue weighted by Crippen LogP contribution is -2.46. The van der Waals surface area contributed by atoms with Crippen molar-refractivity contribution in [2.45, 2.75) is 51.9 Å². The highest BCUT2D eigenvalue weighted by molar-refractivity contribution is 5.90. The van der Waals surface area contributed by atoms with E-state index >= 15 is 0 Å². The molecule has 4 aliphatic rings. The Labute approximate surface area is 139 Å². The van der Waals surface area contributed by atoms with Gasteiger partial charge >= 0.3 is 0 Å². The van der Waals surface area contributed by atoms with Gasteiger partial charge in [-0.3, -0.25) is 4.79 Å². The molecule has 2 fully saturated rings. The van der Waals surface area contributed by atoms with Crippen molar-refractivity contribution in [3.05, 3.63) is 23.5 Å². The number of allylic oxidation sites excluding steroid dienone is 4. The Morgan fingerprint density at radius 2 is 2.17 bits per heavy atom. The maximum absolute atomic E-state index is 12.4. The molecule has 2 heteroatoms. The zero-order valence-corrected chi connectivity index (χ0v) is 14.0. The molecule has 0 radical (unpaired) electrons. The predicted octanol–water partition coefficient (Wildman–Crippen LogP) is 4.27. The molecule has 122 valence electrons. The Kier molecular flexibility index (Phi) is 3.63. The Balaban J connectivity index is 1.63. The fourth-order valence-electron chi connectivity index (χ4n) is 5.94. The second kappa shape index (κ2) is 5.55. The van der Waals surface area contributed by atoms with E-state index in [2.05, 4.69) is 25.0 Å². The van der Waals surface area contributed by atoms with E-state index in [1.165, 1.54) is 12.0 Å². The lowest BCUT2D eigenvalue weighted by atomic mass is 9.53. The van der Waals surface area contributed by atoms with Crippen LogP contribution in [-0.2, 0) is 9.53 Å². The molecule has 23 heavy (non-hydrogen) atoms. The molecule has 5 atom stereocenters. The Morgan fingerprint density at radius 3 is 2.96 bits per heavy atom. The van der Waals surface area contributed by atoms with Crippen LogP contribution in [0.1, 0.15) is 51.9 Å². The molecule has 0 heterocycles. The van der Waals surface area contributed by atoms with E-state index in [1.54, 1.807) is 0 Å². The van der Waals surface area contributed by atoms with Gasteiger partial charge in [-0.25, -0.2) is 0 Å². The molecule has 0 bridgehead atoms. The van der Waals surface area contributed by atoms with Crippen molar-refractivity contribution < 1.29 is 9.53 Å². The normalized spacial score (nSPS) is 41.8. The first-order chi connectivity index (χ1) is 11.2. The maximum atomic E-state index is 12.4. The van der Waals surface area contributed by atoms with Gasteiger partial charge in [0.25, 0.3) is 0 Å². The van der Waals surface area contributed by atoms with Crippen LogP contribution in [-0.4, -0.2) is 12.4 Å². The number of carbonyl (C=O) groups excluding carboxylic acids is 1. The van der Waals surface area contributed by atoms with Crippen LogP contribution in [0.15, 0.2) is 23.5 Å². The highest BCUT2D eigenvalue weighted by atomic mass is 16.5. The van der Waals surface area contributed by atoms with Gasteiger partial charge in [0, 0.05) is 12.8 Å². The van der Waals surface area contributed by atoms with E-state index in [4.69, 9.17) is 11.2 Å². The second-order valence-electron chi connectivity index (χ2n) is 7.68. The van der Waals surface area contributed by atoms with Gasteiger partial charge in [0.15, 0.2) is 5.78 Å². The highest BCUT2D eigenvalue weighted by Gasteiger charge is 2.57. The van der Waals surface area contributed by atoms with Crippen molar-refractivity contribution >= 4 is 5.78 Å². The average Bonchev–Trinajstić information content (AvgIpc) is 2.92. The number of ketones is 1. The van der Waals surface area contributed by atoms with Crippen LogP contribution < -0.4 is 0 Å². The van der Waals surface area contributed by atoms with Gasteiger partial charge in [-0.2, -0.15) is 0 Å². The summed E-state index contributed by atoms with van der Waals surface area (Å²) in [5, 5.41) is 0. The van der Waals surface area contributed by atoms with Crippen molar-refractivity contribution in [2.24, 2.45) is 29.1 Å². The highest BCUT2D eigenvalue weighted by Crippen LogP contribution is 2.59. The molecule has 0 aromatic carbocycles. The molecule has 0 saturated heterocycles. The molecule has 0 N–H and O–H groups in total. The monoisotopic (exact) mass is 310 g/mol. The van der Waals surface area contributed by atoms with Crippen molar-refractivity contribution in [1.29, 1.82) is 0 Å². The summed E-state index contributed by atoms with van der Waals surface area (Å²) in [5.74, 6) is 6.86. The number of hydrogen-bond donors (Lipinski definition) is 0. The molecule has 2 nitrogen and oxygen atoms in total. The van der Waals surface area contributed by atoms with Gasteiger partial charge in [0.05, 0.1) is 17.8 Å². The second-order valence-corrected chi connectivity index (χ2v) is 7.68. The first kappa shape index (κ1) is 15.1. The Bertz CT molecular complexity index is 620. The number of terminal acetylenes is 1. The van der Waals surface area contributed by atoms with E-state index in [-0.39, 0.29) is 0 Å². The first-order valence-corrected chi connectivity index (χ1v) is 9.24. The SMILES string of the molecule is C#C[C@]12CC[C@H]3[C@@H](CC=C4C=C(OCC)CC[C@@H]43)[C@@H]1CCC2=O. The molecule has 0 spiro atoms.